The minimum atomic E-state index is -0.350. The van der Waals surface area contributed by atoms with Crippen molar-refractivity contribution in [2.75, 3.05) is 5.32 Å². The lowest BCUT2D eigenvalue weighted by atomic mass is 10.1. The van der Waals surface area contributed by atoms with Crippen LogP contribution in [0.15, 0.2) is 36.4 Å². The van der Waals surface area contributed by atoms with Crippen LogP contribution in [0.3, 0.4) is 0 Å². The third kappa shape index (κ3) is 3.96. The molecule has 0 aliphatic carbocycles. The number of amides is 1. The Balaban J connectivity index is 2.05. The van der Waals surface area contributed by atoms with Crippen molar-refractivity contribution in [1.29, 1.82) is 0 Å². The van der Waals surface area contributed by atoms with E-state index in [0.717, 1.165) is 11.1 Å². The Morgan fingerprint density at radius 1 is 1.14 bits per heavy atom. The van der Waals surface area contributed by atoms with Crippen molar-refractivity contribution in [3.8, 4) is 5.75 Å². The van der Waals surface area contributed by atoms with Crippen molar-refractivity contribution in [1.82, 2.24) is 5.32 Å². The molecule has 0 heterocycles. The van der Waals surface area contributed by atoms with Gasteiger partial charge in [-0.3, -0.25) is 10.1 Å². The number of aromatic hydroxyl groups is 1. The highest BCUT2D eigenvalue weighted by atomic mass is 35.5. The van der Waals surface area contributed by atoms with E-state index in [2.05, 4.69) is 10.6 Å². The molecule has 0 saturated heterocycles. The van der Waals surface area contributed by atoms with Gasteiger partial charge in [-0.25, -0.2) is 0 Å². The zero-order chi connectivity index (χ0) is 16.3. The first-order valence-electron chi connectivity index (χ1n) is 6.55. The van der Waals surface area contributed by atoms with Gasteiger partial charge in [0.1, 0.15) is 5.75 Å². The van der Waals surface area contributed by atoms with E-state index in [4.69, 9.17) is 23.8 Å². The summed E-state index contributed by atoms with van der Waals surface area (Å²) >= 11 is 10.9. The third-order valence-corrected chi connectivity index (χ3v) is 3.65. The van der Waals surface area contributed by atoms with Crippen molar-refractivity contribution >= 4 is 40.5 Å². The summed E-state index contributed by atoms with van der Waals surface area (Å²) in [6.45, 7) is 3.83. The fraction of sp³-hybridized carbons (Fsp3) is 0.125. The minimum Gasteiger partial charge on any atom is -0.506 e. The van der Waals surface area contributed by atoms with Crippen LogP contribution in [0.25, 0.3) is 0 Å². The molecule has 4 nitrogen and oxygen atoms in total. The lowest BCUT2D eigenvalue weighted by Gasteiger charge is -2.12. The zero-order valence-corrected chi connectivity index (χ0v) is 13.7. The van der Waals surface area contributed by atoms with Crippen molar-refractivity contribution in [3.63, 3.8) is 0 Å². The molecule has 0 atom stereocenters. The van der Waals surface area contributed by atoms with Gasteiger partial charge in [-0.1, -0.05) is 11.6 Å². The minimum absolute atomic E-state index is 0.0752. The number of anilines is 1. The summed E-state index contributed by atoms with van der Waals surface area (Å²) in [5.41, 5.74) is 2.87. The summed E-state index contributed by atoms with van der Waals surface area (Å²) in [5, 5.41) is 15.9. The maximum atomic E-state index is 12.0. The number of halogens is 1. The zero-order valence-electron chi connectivity index (χ0n) is 12.1. The van der Waals surface area contributed by atoms with Gasteiger partial charge in [0, 0.05) is 10.6 Å². The highest BCUT2D eigenvalue weighted by molar-refractivity contribution is 7.80. The van der Waals surface area contributed by atoms with Gasteiger partial charge in [-0.2, -0.15) is 0 Å². The standard InChI is InChI=1S/C16H15ClN2O2S/c1-9-7-13(14(20)8-10(9)2)18-16(22)19-15(21)11-3-5-12(17)6-4-11/h3-8,20H,1-2H3,(H2,18,19,21,22). The summed E-state index contributed by atoms with van der Waals surface area (Å²) in [6.07, 6.45) is 0. The first kappa shape index (κ1) is 16.3. The Morgan fingerprint density at radius 3 is 2.36 bits per heavy atom. The second kappa shape index (κ2) is 6.77. The first-order chi connectivity index (χ1) is 10.4. The van der Waals surface area contributed by atoms with Crippen LogP contribution in [0, 0.1) is 13.8 Å². The maximum Gasteiger partial charge on any atom is 0.257 e. The molecule has 0 radical (unpaired) electrons. The van der Waals surface area contributed by atoms with Gasteiger partial charge in [-0.15, -0.1) is 0 Å². The number of phenolic OH excluding ortho intramolecular Hbond substituents is 1. The molecular weight excluding hydrogens is 320 g/mol. The number of benzene rings is 2. The first-order valence-corrected chi connectivity index (χ1v) is 7.33. The van der Waals surface area contributed by atoms with Gasteiger partial charge in [0.05, 0.1) is 5.69 Å². The van der Waals surface area contributed by atoms with Crippen molar-refractivity contribution in [2.45, 2.75) is 13.8 Å². The molecule has 2 aromatic carbocycles. The molecule has 2 aromatic rings. The number of rotatable bonds is 2. The molecule has 114 valence electrons. The maximum absolute atomic E-state index is 12.0. The summed E-state index contributed by atoms with van der Waals surface area (Å²) in [4.78, 5) is 12.0. The van der Waals surface area contributed by atoms with Crippen LogP contribution in [0.5, 0.6) is 5.75 Å². The number of nitrogens with one attached hydrogen (secondary N) is 2. The summed E-state index contributed by atoms with van der Waals surface area (Å²) in [6, 6.07) is 9.87. The van der Waals surface area contributed by atoms with E-state index in [9.17, 15) is 9.90 Å². The Bertz CT molecular complexity index is 730. The van der Waals surface area contributed by atoms with Gasteiger partial charge >= 0.3 is 0 Å². The highest BCUT2D eigenvalue weighted by Crippen LogP contribution is 2.26. The number of thiocarbonyl (C=S) groups is 1. The Morgan fingerprint density at radius 2 is 1.73 bits per heavy atom. The summed E-state index contributed by atoms with van der Waals surface area (Å²) < 4.78 is 0. The Kier molecular flexibility index (Phi) is 5.00. The molecule has 3 N–H and O–H groups in total. The molecule has 0 aliphatic rings. The number of aryl methyl sites for hydroxylation is 2. The number of carbonyl (C=O) groups is 1. The molecular formula is C16H15ClN2O2S. The van der Waals surface area contributed by atoms with Crippen LogP contribution < -0.4 is 10.6 Å². The van der Waals surface area contributed by atoms with Crippen molar-refractivity contribution < 1.29 is 9.90 Å². The van der Waals surface area contributed by atoms with Crippen molar-refractivity contribution in [2.24, 2.45) is 0 Å². The predicted molar refractivity (Wildman–Crippen MR) is 92.7 cm³/mol. The fourth-order valence-electron chi connectivity index (χ4n) is 1.83. The molecule has 1 amide bonds. The topological polar surface area (TPSA) is 61.4 Å². The lowest BCUT2D eigenvalue weighted by Crippen LogP contribution is -2.34. The van der Waals surface area contributed by atoms with Gasteiger partial charge in [-0.05, 0) is 73.6 Å². The van der Waals surface area contributed by atoms with Gasteiger partial charge in [0.15, 0.2) is 5.11 Å². The molecule has 0 spiro atoms. The molecule has 2 rings (SSSR count). The second-order valence-electron chi connectivity index (χ2n) is 4.87. The molecule has 22 heavy (non-hydrogen) atoms. The quantitative estimate of drug-likeness (QED) is 0.577. The average Bonchev–Trinajstić information content (AvgIpc) is 2.45. The average molecular weight is 335 g/mol. The number of hydrogen-bond donors (Lipinski definition) is 3. The summed E-state index contributed by atoms with van der Waals surface area (Å²) in [5.74, 6) is -0.274. The highest BCUT2D eigenvalue weighted by Gasteiger charge is 2.10. The normalized spacial score (nSPS) is 10.1. The Labute approximate surface area is 139 Å². The Hall–Kier alpha value is -2.11. The molecule has 0 unspecified atom stereocenters. The van der Waals surface area contributed by atoms with E-state index in [1.165, 1.54) is 0 Å². The van der Waals surface area contributed by atoms with E-state index in [0.29, 0.717) is 16.3 Å². The lowest BCUT2D eigenvalue weighted by molar-refractivity contribution is 0.0977. The van der Waals surface area contributed by atoms with E-state index in [1.54, 1.807) is 36.4 Å². The van der Waals surface area contributed by atoms with Gasteiger partial charge in [0.25, 0.3) is 5.91 Å². The van der Waals surface area contributed by atoms with Crippen molar-refractivity contribution in [3.05, 3.63) is 58.1 Å². The van der Waals surface area contributed by atoms with E-state index >= 15 is 0 Å². The number of carbonyl (C=O) groups excluding carboxylic acids is 1. The van der Waals surface area contributed by atoms with Crippen LogP contribution in [0.4, 0.5) is 5.69 Å². The molecule has 0 saturated carbocycles. The van der Waals surface area contributed by atoms with Gasteiger partial charge < -0.3 is 10.4 Å². The summed E-state index contributed by atoms with van der Waals surface area (Å²) in [7, 11) is 0. The SMILES string of the molecule is Cc1cc(O)c(NC(=S)NC(=O)c2ccc(Cl)cc2)cc1C. The van der Waals surface area contributed by atoms with Crippen LogP contribution >= 0.6 is 23.8 Å². The predicted octanol–water partition coefficient (Wildman–Crippen LogP) is 3.79. The molecule has 0 bridgehead atoms. The smallest absolute Gasteiger partial charge is 0.257 e. The van der Waals surface area contributed by atoms with Crippen LogP contribution in [-0.4, -0.2) is 16.1 Å². The van der Waals surface area contributed by atoms with E-state index in [1.807, 2.05) is 13.8 Å². The van der Waals surface area contributed by atoms with E-state index < -0.39 is 0 Å². The monoisotopic (exact) mass is 334 g/mol. The van der Waals surface area contributed by atoms with Gasteiger partial charge in [0.2, 0.25) is 0 Å². The number of phenols is 1. The molecule has 0 aromatic heterocycles. The second-order valence-corrected chi connectivity index (χ2v) is 5.71. The third-order valence-electron chi connectivity index (χ3n) is 3.19. The fourth-order valence-corrected chi connectivity index (χ4v) is 2.16. The van der Waals surface area contributed by atoms with Crippen LogP contribution in [-0.2, 0) is 0 Å². The van der Waals surface area contributed by atoms with E-state index in [-0.39, 0.29) is 16.8 Å². The molecule has 6 heteroatoms. The molecule has 0 aliphatic heterocycles. The van der Waals surface area contributed by atoms with Crippen LogP contribution in [0.2, 0.25) is 5.02 Å². The number of hydrogen-bond acceptors (Lipinski definition) is 3. The van der Waals surface area contributed by atoms with Crippen LogP contribution in [0.1, 0.15) is 21.5 Å². The largest absolute Gasteiger partial charge is 0.506 e. The molecule has 0 fully saturated rings.